The van der Waals surface area contributed by atoms with E-state index in [2.05, 4.69) is 5.32 Å². The average Bonchev–Trinajstić information content (AvgIpc) is 3.29. The van der Waals surface area contributed by atoms with Gasteiger partial charge >= 0.3 is 5.97 Å². The first kappa shape index (κ1) is 22.4. The van der Waals surface area contributed by atoms with Gasteiger partial charge in [-0.3, -0.25) is 9.10 Å². The van der Waals surface area contributed by atoms with Gasteiger partial charge in [0.15, 0.2) is 0 Å². The predicted molar refractivity (Wildman–Crippen MR) is 116 cm³/mol. The van der Waals surface area contributed by atoms with E-state index >= 15 is 0 Å². The molecule has 3 rings (SSSR count). The Morgan fingerprint density at radius 2 is 1.77 bits per heavy atom. The van der Waals surface area contributed by atoms with Crippen LogP contribution in [-0.2, 0) is 19.6 Å². The molecule has 162 valence electrons. The molecular weight excluding hydrogens is 443 g/mol. The van der Waals surface area contributed by atoms with E-state index in [0.717, 1.165) is 27.8 Å². The van der Waals surface area contributed by atoms with Crippen molar-refractivity contribution in [1.82, 2.24) is 0 Å². The molecule has 10 heteroatoms. The third-order valence-corrected chi connectivity index (χ3v) is 7.28. The third-order valence-electron chi connectivity index (χ3n) is 4.14. The molecule has 0 aliphatic heterocycles. The first-order valence-corrected chi connectivity index (χ1v) is 11.5. The summed E-state index contributed by atoms with van der Waals surface area (Å²) in [5, 5.41) is 4.16. The number of benzene rings is 2. The van der Waals surface area contributed by atoms with Crippen LogP contribution in [0.3, 0.4) is 0 Å². The average molecular weight is 463 g/mol. The van der Waals surface area contributed by atoms with E-state index in [1.165, 1.54) is 30.3 Å². The molecule has 0 spiro atoms. The molecule has 0 unspecified atom stereocenters. The minimum Gasteiger partial charge on any atom is -0.462 e. The maximum atomic E-state index is 13.4. The van der Waals surface area contributed by atoms with E-state index in [1.54, 1.807) is 30.5 Å². The lowest BCUT2D eigenvalue weighted by atomic mass is 10.2. The normalized spacial score (nSPS) is 11.0. The second-order valence-electron chi connectivity index (χ2n) is 6.23. The number of carbonyl (C=O) groups excluding carboxylic acids is 2. The van der Waals surface area contributed by atoms with Gasteiger partial charge in [-0.05, 0) is 54.8 Å². The van der Waals surface area contributed by atoms with Crippen LogP contribution in [0.1, 0.15) is 17.3 Å². The molecule has 1 N–H and O–H groups in total. The highest BCUT2D eigenvalue weighted by Gasteiger charge is 2.28. The lowest BCUT2D eigenvalue weighted by Gasteiger charge is -2.23. The fraction of sp³-hybridized carbons (Fsp3) is 0.143. The van der Waals surface area contributed by atoms with Crippen LogP contribution in [0.2, 0.25) is 0 Å². The number of nitrogens with one attached hydrogen (secondary N) is 1. The van der Waals surface area contributed by atoms with Gasteiger partial charge in [-0.2, -0.15) is 0 Å². The number of carbonyl (C=O) groups is 2. The summed E-state index contributed by atoms with van der Waals surface area (Å²) in [6, 6.07) is 14.0. The van der Waals surface area contributed by atoms with Crippen LogP contribution in [-0.4, -0.2) is 33.4 Å². The highest BCUT2D eigenvalue weighted by molar-refractivity contribution is 7.94. The van der Waals surface area contributed by atoms with E-state index < -0.39 is 34.3 Å². The topological polar surface area (TPSA) is 92.8 Å². The maximum Gasteiger partial charge on any atom is 0.340 e. The molecule has 31 heavy (non-hydrogen) atoms. The van der Waals surface area contributed by atoms with E-state index in [-0.39, 0.29) is 27.8 Å². The molecule has 0 atom stereocenters. The number of ether oxygens (including phenoxy) is 1. The summed E-state index contributed by atoms with van der Waals surface area (Å²) in [5.41, 5.74) is 0.467. The summed E-state index contributed by atoms with van der Waals surface area (Å²) in [6.45, 7) is 1.25. The van der Waals surface area contributed by atoms with Crippen LogP contribution >= 0.6 is 11.3 Å². The number of hydrogen-bond donors (Lipinski definition) is 1. The Kier molecular flexibility index (Phi) is 7.03. The molecule has 3 aromatic rings. The Hall–Kier alpha value is -3.24. The molecule has 1 aromatic heterocycles. The molecule has 0 aliphatic carbocycles. The zero-order valence-electron chi connectivity index (χ0n) is 16.4. The van der Waals surface area contributed by atoms with Crippen LogP contribution in [0.5, 0.6) is 0 Å². The van der Waals surface area contributed by atoms with Crippen LogP contribution in [0, 0.1) is 5.82 Å². The van der Waals surface area contributed by atoms with Gasteiger partial charge in [-0.25, -0.2) is 17.6 Å². The van der Waals surface area contributed by atoms with Gasteiger partial charge in [0, 0.05) is 0 Å². The number of rotatable bonds is 8. The van der Waals surface area contributed by atoms with Crippen molar-refractivity contribution in [1.29, 1.82) is 0 Å². The van der Waals surface area contributed by atoms with Gasteiger partial charge in [-0.15, -0.1) is 11.3 Å². The van der Waals surface area contributed by atoms with E-state index in [0.29, 0.717) is 0 Å². The highest BCUT2D eigenvalue weighted by Crippen LogP contribution is 2.27. The number of esters is 1. The SMILES string of the molecule is CCOC(=O)c1ccccc1NC(=O)CN(c1ccc(F)cc1)S(=O)(=O)c1cccs1. The molecule has 0 aliphatic rings. The lowest BCUT2D eigenvalue weighted by molar-refractivity contribution is -0.114. The largest absolute Gasteiger partial charge is 0.462 e. The van der Waals surface area contributed by atoms with E-state index in [9.17, 15) is 22.4 Å². The van der Waals surface area contributed by atoms with Crippen molar-refractivity contribution >= 4 is 44.6 Å². The molecule has 1 amide bonds. The number of halogens is 1. The predicted octanol–water partition coefficient (Wildman–Crippen LogP) is 3.90. The van der Waals surface area contributed by atoms with E-state index in [1.807, 2.05) is 0 Å². The summed E-state index contributed by atoms with van der Waals surface area (Å²) >= 11 is 1.00. The van der Waals surface area contributed by atoms with Gasteiger partial charge < -0.3 is 10.1 Å². The third kappa shape index (κ3) is 5.28. The monoisotopic (exact) mass is 462 g/mol. The minimum atomic E-state index is -4.07. The number of amides is 1. The smallest absolute Gasteiger partial charge is 0.340 e. The zero-order valence-corrected chi connectivity index (χ0v) is 18.1. The molecule has 0 bridgehead atoms. The number of hydrogen-bond acceptors (Lipinski definition) is 6. The van der Waals surface area contributed by atoms with E-state index in [4.69, 9.17) is 4.74 Å². The molecule has 0 saturated heterocycles. The summed E-state index contributed by atoms with van der Waals surface area (Å²) < 4.78 is 45.5. The van der Waals surface area contributed by atoms with Gasteiger partial charge in [0.05, 0.1) is 23.5 Å². The van der Waals surface area contributed by atoms with Crippen molar-refractivity contribution < 1.29 is 27.1 Å². The molecular formula is C21H19FN2O5S2. The number of nitrogens with zero attached hydrogens (tertiary/aromatic N) is 1. The Bertz CT molecular complexity index is 1160. The Balaban J connectivity index is 1.90. The summed E-state index contributed by atoms with van der Waals surface area (Å²) in [5.74, 6) is -1.83. The first-order chi connectivity index (χ1) is 14.8. The second-order valence-corrected chi connectivity index (χ2v) is 9.27. The minimum absolute atomic E-state index is 0.0385. The maximum absolute atomic E-state index is 13.4. The van der Waals surface area contributed by atoms with Crippen molar-refractivity contribution in [2.75, 3.05) is 22.8 Å². The van der Waals surface area contributed by atoms with Crippen molar-refractivity contribution in [2.24, 2.45) is 0 Å². The number of anilines is 2. The number of sulfonamides is 1. The van der Waals surface area contributed by atoms with Crippen LogP contribution in [0.4, 0.5) is 15.8 Å². The summed E-state index contributed by atoms with van der Waals surface area (Å²) in [4.78, 5) is 24.9. The van der Waals surface area contributed by atoms with Crippen molar-refractivity contribution in [2.45, 2.75) is 11.1 Å². The fourth-order valence-corrected chi connectivity index (χ4v) is 5.27. The standard InChI is InChI=1S/C21H19FN2O5S2/c1-2-29-21(26)17-6-3-4-7-18(17)23-19(25)14-24(16-11-9-15(22)10-12-16)31(27,28)20-8-5-13-30-20/h3-13H,2,14H2,1H3,(H,23,25). The first-order valence-electron chi connectivity index (χ1n) is 9.20. The van der Waals surface area contributed by atoms with Crippen LogP contribution in [0.25, 0.3) is 0 Å². The van der Waals surface area contributed by atoms with Gasteiger partial charge in [0.2, 0.25) is 5.91 Å². The van der Waals surface area contributed by atoms with Gasteiger partial charge in [0.25, 0.3) is 10.0 Å². The molecule has 2 aromatic carbocycles. The Labute approximate surface area is 183 Å². The van der Waals surface area contributed by atoms with Crippen LogP contribution < -0.4 is 9.62 Å². The molecule has 0 radical (unpaired) electrons. The quantitative estimate of drug-likeness (QED) is 0.513. The Morgan fingerprint density at radius 3 is 2.42 bits per heavy atom. The Morgan fingerprint density at radius 1 is 1.06 bits per heavy atom. The van der Waals surface area contributed by atoms with Crippen molar-refractivity contribution in [3.05, 3.63) is 77.4 Å². The molecule has 1 heterocycles. The second kappa shape index (κ2) is 9.71. The number of thiophene rings is 1. The fourth-order valence-electron chi connectivity index (χ4n) is 2.74. The van der Waals surface area contributed by atoms with Crippen molar-refractivity contribution in [3.63, 3.8) is 0 Å². The summed E-state index contributed by atoms with van der Waals surface area (Å²) in [6.07, 6.45) is 0. The summed E-state index contributed by atoms with van der Waals surface area (Å²) in [7, 11) is -4.07. The van der Waals surface area contributed by atoms with Crippen LogP contribution in [0.15, 0.2) is 70.3 Å². The van der Waals surface area contributed by atoms with Crippen molar-refractivity contribution in [3.8, 4) is 0 Å². The number of para-hydroxylation sites is 1. The van der Waals surface area contributed by atoms with Gasteiger partial charge in [0.1, 0.15) is 16.6 Å². The molecule has 7 nitrogen and oxygen atoms in total. The zero-order chi connectivity index (χ0) is 22.4. The highest BCUT2D eigenvalue weighted by atomic mass is 32.2. The molecule has 0 fully saturated rings. The lowest BCUT2D eigenvalue weighted by Crippen LogP contribution is -2.38. The van der Waals surface area contributed by atoms with Gasteiger partial charge in [-0.1, -0.05) is 18.2 Å². The molecule has 0 saturated carbocycles.